The van der Waals surface area contributed by atoms with Gasteiger partial charge in [0.25, 0.3) is 5.91 Å². The lowest BCUT2D eigenvalue weighted by Crippen LogP contribution is -2.28. The maximum Gasteiger partial charge on any atom is 0.271 e. The highest BCUT2D eigenvalue weighted by Crippen LogP contribution is 2.24. The molecule has 0 bridgehead atoms. The molecule has 4 rings (SSSR count). The molecule has 0 fully saturated rings. The van der Waals surface area contributed by atoms with Crippen LogP contribution in [0.15, 0.2) is 54.0 Å². The van der Waals surface area contributed by atoms with Crippen molar-refractivity contribution in [3.05, 3.63) is 71.1 Å². The van der Waals surface area contributed by atoms with Crippen LogP contribution in [0.5, 0.6) is 0 Å². The summed E-state index contributed by atoms with van der Waals surface area (Å²) in [6.07, 6.45) is 1.88. The van der Waals surface area contributed by atoms with Crippen molar-refractivity contribution in [1.29, 1.82) is 0 Å². The summed E-state index contributed by atoms with van der Waals surface area (Å²) in [5.41, 5.74) is 3.36. The average Bonchev–Trinajstić information content (AvgIpc) is 3.30. The van der Waals surface area contributed by atoms with E-state index in [9.17, 15) is 4.79 Å². The number of benzene rings is 1. The molecular weight excluding hydrogens is 346 g/mol. The lowest BCUT2D eigenvalue weighted by atomic mass is 10.2. The molecular formula is C19H17N5OS. The minimum atomic E-state index is -0.288. The molecule has 3 aromatic heterocycles. The van der Waals surface area contributed by atoms with Crippen LogP contribution in [-0.4, -0.2) is 25.5 Å². The molecule has 6 nitrogen and oxygen atoms in total. The van der Waals surface area contributed by atoms with Gasteiger partial charge in [-0.3, -0.25) is 9.20 Å². The van der Waals surface area contributed by atoms with Gasteiger partial charge in [0.2, 0.25) is 0 Å². The molecule has 1 atom stereocenters. The van der Waals surface area contributed by atoms with Gasteiger partial charge >= 0.3 is 0 Å². The predicted octanol–water partition coefficient (Wildman–Crippen LogP) is 3.65. The second-order valence-corrected chi connectivity index (χ2v) is 6.94. The highest BCUT2D eigenvalue weighted by molar-refractivity contribution is 7.13. The van der Waals surface area contributed by atoms with E-state index in [1.165, 1.54) is 16.9 Å². The number of nitrogens with zero attached hydrogens (tertiary/aromatic N) is 4. The fraction of sp³-hybridized carbons (Fsp3) is 0.158. The van der Waals surface area contributed by atoms with Gasteiger partial charge in [0, 0.05) is 17.1 Å². The van der Waals surface area contributed by atoms with E-state index >= 15 is 0 Å². The van der Waals surface area contributed by atoms with Crippen molar-refractivity contribution in [2.75, 3.05) is 0 Å². The zero-order valence-electron chi connectivity index (χ0n) is 14.4. The van der Waals surface area contributed by atoms with Crippen molar-refractivity contribution in [2.24, 2.45) is 0 Å². The third-order valence-corrected chi connectivity index (χ3v) is 5.00. The van der Waals surface area contributed by atoms with Crippen molar-refractivity contribution in [2.45, 2.75) is 19.9 Å². The van der Waals surface area contributed by atoms with Crippen LogP contribution < -0.4 is 5.32 Å². The van der Waals surface area contributed by atoms with E-state index in [2.05, 4.69) is 20.5 Å². The first-order chi connectivity index (χ1) is 12.6. The molecule has 4 aromatic rings. The number of rotatable bonds is 4. The summed E-state index contributed by atoms with van der Waals surface area (Å²) in [6.45, 7) is 3.93. The Bertz CT molecular complexity index is 1070. The van der Waals surface area contributed by atoms with Crippen LogP contribution in [0.2, 0.25) is 0 Å². The third kappa shape index (κ3) is 3.09. The highest BCUT2D eigenvalue weighted by Gasteiger charge is 2.18. The molecule has 1 amide bonds. The number of pyridine rings is 1. The maximum atomic E-state index is 12.6. The molecule has 1 aromatic carbocycles. The normalized spacial score (nSPS) is 12.2. The number of thiazole rings is 1. The summed E-state index contributed by atoms with van der Waals surface area (Å²) >= 11 is 1.46. The Morgan fingerprint density at radius 1 is 1.15 bits per heavy atom. The summed E-state index contributed by atoms with van der Waals surface area (Å²) in [5, 5.41) is 13.9. The molecule has 0 saturated carbocycles. The van der Waals surface area contributed by atoms with Gasteiger partial charge in [0.15, 0.2) is 11.5 Å². The van der Waals surface area contributed by atoms with E-state index in [1.54, 1.807) is 5.38 Å². The molecule has 0 aliphatic carbocycles. The first kappa shape index (κ1) is 16.4. The van der Waals surface area contributed by atoms with Crippen molar-refractivity contribution in [3.8, 4) is 10.6 Å². The second-order valence-electron chi connectivity index (χ2n) is 6.09. The third-order valence-electron chi connectivity index (χ3n) is 4.11. The largest absolute Gasteiger partial charge is 0.341 e. The number of hydrogen-bond acceptors (Lipinski definition) is 5. The lowest BCUT2D eigenvalue weighted by Gasteiger charge is -2.11. The average molecular weight is 363 g/mol. The van der Waals surface area contributed by atoms with Crippen molar-refractivity contribution < 1.29 is 4.79 Å². The number of fused-ring (bicyclic) bond motifs is 1. The van der Waals surface area contributed by atoms with Crippen LogP contribution >= 0.6 is 11.3 Å². The Labute approximate surface area is 154 Å². The topological polar surface area (TPSA) is 72.2 Å². The second kappa shape index (κ2) is 6.68. The van der Waals surface area contributed by atoms with Crippen LogP contribution in [0.4, 0.5) is 0 Å². The van der Waals surface area contributed by atoms with E-state index in [0.29, 0.717) is 11.5 Å². The Kier molecular flexibility index (Phi) is 4.22. The van der Waals surface area contributed by atoms with Crippen LogP contribution in [-0.2, 0) is 0 Å². The quantitative estimate of drug-likeness (QED) is 0.601. The standard InChI is InChI=1S/C19H17N5OS/c1-12-6-8-14(9-7-12)19-21-15(11-26-19)18(25)20-13(2)17-23-22-16-5-3-4-10-24(16)17/h3-11,13H,1-2H3,(H,20,25). The van der Waals surface area contributed by atoms with Crippen LogP contribution in [0.3, 0.4) is 0 Å². The summed E-state index contributed by atoms with van der Waals surface area (Å²) in [4.78, 5) is 17.0. The van der Waals surface area contributed by atoms with Gasteiger partial charge in [0.05, 0.1) is 6.04 Å². The molecule has 3 heterocycles. The summed E-state index contributed by atoms with van der Waals surface area (Å²) < 4.78 is 1.86. The molecule has 26 heavy (non-hydrogen) atoms. The smallest absolute Gasteiger partial charge is 0.271 e. The van der Waals surface area contributed by atoms with Crippen molar-refractivity contribution >= 4 is 22.9 Å². The molecule has 0 radical (unpaired) electrons. The van der Waals surface area contributed by atoms with Crippen molar-refractivity contribution in [1.82, 2.24) is 24.9 Å². The van der Waals surface area contributed by atoms with Crippen LogP contribution in [0.1, 0.15) is 34.8 Å². The van der Waals surface area contributed by atoms with Gasteiger partial charge in [-0.1, -0.05) is 35.9 Å². The van der Waals surface area contributed by atoms with E-state index in [4.69, 9.17) is 0 Å². The van der Waals surface area contributed by atoms with Crippen LogP contribution in [0.25, 0.3) is 16.2 Å². The minimum absolute atomic E-state index is 0.222. The number of hydrogen-bond donors (Lipinski definition) is 1. The molecule has 7 heteroatoms. The molecule has 130 valence electrons. The number of nitrogens with one attached hydrogen (secondary N) is 1. The highest BCUT2D eigenvalue weighted by atomic mass is 32.1. The molecule has 0 aliphatic heterocycles. The molecule has 0 saturated heterocycles. The maximum absolute atomic E-state index is 12.6. The van der Waals surface area contributed by atoms with Crippen molar-refractivity contribution in [3.63, 3.8) is 0 Å². The first-order valence-electron chi connectivity index (χ1n) is 8.25. The van der Waals surface area contributed by atoms with Gasteiger partial charge in [0.1, 0.15) is 10.7 Å². The van der Waals surface area contributed by atoms with E-state index < -0.39 is 0 Å². The number of aryl methyl sites for hydroxylation is 1. The fourth-order valence-corrected chi connectivity index (χ4v) is 3.50. The monoisotopic (exact) mass is 363 g/mol. The van der Waals surface area contributed by atoms with Gasteiger partial charge in [-0.25, -0.2) is 4.98 Å². The van der Waals surface area contributed by atoms with Gasteiger partial charge < -0.3 is 5.32 Å². The molecule has 1 N–H and O–H groups in total. The number of aromatic nitrogens is 4. The number of carbonyl (C=O) groups excluding carboxylic acids is 1. The fourth-order valence-electron chi connectivity index (χ4n) is 2.70. The summed E-state index contributed by atoms with van der Waals surface area (Å²) in [6, 6.07) is 13.5. The predicted molar refractivity (Wildman–Crippen MR) is 101 cm³/mol. The Morgan fingerprint density at radius 2 is 1.96 bits per heavy atom. The van der Waals surface area contributed by atoms with E-state index in [-0.39, 0.29) is 11.9 Å². The zero-order chi connectivity index (χ0) is 18.1. The number of amides is 1. The molecule has 0 spiro atoms. The van der Waals surface area contributed by atoms with E-state index in [1.807, 2.05) is 66.9 Å². The molecule has 0 aliphatic rings. The van der Waals surface area contributed by atoms with Gasteiger partial charge in [-0.15, -0.1) is 21.5 Å². The SMILES string of the molecule is Cc1ccc(-c2nc(C(=O)NC(C)c3nnc4ccccn34)cs2)cc1. The van der Waals surface area contributed by atoms with E-state index in [0.717, 1.165) is 16.2 Å². The summed E-state index contributed by atoms with van der Waals surface area (Å²) in [5.74, 6) is 0.461. The Balaban J connectivity index is 1.52. The zero-order valence-corrected chi connectivity index (χ0v) is 15.2. The summed E-state index contributed by atoms with van der Waals surface area (Å²) in [7, 11) is 0. The van der Waals surface area contributed by atoms with Gasteiger partial charge in [-0.05, 0) is 26.0 Å². The number of carbonyl (C=O) groups is 1. The van der Waals surface area contributed by atoms with Gasteiger partial charge in [-0.2, -0.15) is 0 Å². The minimum Gasteiger partial charge on any atom is -0.341 e. The molecule has 1 unspecified atom stereocenters. The Morgan fingerprint density at radius 3 is 2.77 bits per heavy atom. The lowest BCUT2D eigenvalue weighted by molar-refractivity contribution is 0.0934. The van der Waals surface area contributed by atoms with Crippen LogP contribution in [0, 0.1) is 6.92 Å². The first-order valence-corrected chi connectivity index (χ1v) is 9.13. The Hall–Kier alpha value is -3.06.